The summed E-state index contributed by atoms with van der Waals surface area (Å²) in [5.41, 5.74) is 7.68. The summed E-state index contributed by atoms with van der Waals surface area (Å²) in [6, 6.07) is 15.1. The number of fused-ring (bicyclic) bond motifs is 1. The maximum absolute atomic E-state index is 11.7. The predicted octanol–water partition coefficient (Wildman–Crippen LogP) is 3.04. The molecule has 0 aliphatic carbocycles. The number of ether oxygens (including phenoxy) is 1. The molecule has 5 N–H and O–H groups in total. The smallest absolute Gasteiger partial charge is 0.278 e. The third-order valence-corrected chi connectivity index (χ3v) is 3.43. The van der Waals surface area contributed by atoms with Crippen LogP contribution in [0.4, 0.5) is 5.69 Å². The second-order valence-corrected chi connectivity index (χ2v) is 4.93. The Hall–Kier alpha value is -3.25. The molecule has 3 rings (SSSR count). The molecule has 3 aromatic carbocycles. The van der Waals surface area contributed by atoms with Gasteiger partial charge in [0, 0.05) is 16.5 Å². The van der Waals surface area contributed by atoms with Crippen LogP contribution < -0.4 is 16.0 Å². The second kappa shape index (κ2) is 5.86. The van der Waals surface area contributed by atoms with Crippen LogP contribution >= 0.6 is 0 Å². The summed E-state index contributed by atoms with van der Waals surface area (Å²) in [6.45, 7) is 0. The monoisotopic (exact) mass is 310 g/mol. The van der Waals surface area contributed by atoms with Gasteiger partial charge in [0.15, 0.2) is 0 Å². The fourth-order valence-electron chi connectivity index (χ4n) is 2.31. The number of carbonyl (C=O) groups is 1. The summed E-state index contributed by atoms with van der Waals surface area (Å²) in [4.78, 5) is 11.7. The molecule has 0 spiro atoms. The molecule has 0 saturated carbocycles. The molecule has 0 bridgehead atoms. The number of aromatic hydroxyl groups is 1. The van der Waals surface area contributed by atoms with Crippen molar-refractivity contribution < 1.29 is 19.8 Å². The lowest BCUT2D eigenvalue weighted by molar-refractivity contribution is 0.0703. The van der Waals surface area contributed by atoms with Gasteiger partial charge in [-0.1, -0.05) is 24.3 Å². The van der Waals surface area contributed by atoms with Gasteiger partial charge in [-0.2, -0.15) is 0 Å². The topological polar surface area (TPSA) is 105 Å². The fourth-order valence-corrected chi connectivity index (χ4v) is 2.31. The van der Waals surface area contributed by atoms with Gasteiger partial charge in [0.05, 0.1) is 5.56 Å². The van der Waals surface area contributed by atoms with Crippen molar-refractivity contribution in [1.82, 2.24) is 5.48 Å². The van der Waals surface area contributed by atoms with Gasteiger partial charge in [0.2, 0.25) is 0 Å². The standard InChI is InChI=1S/C17H14N2O4/c18-10-5-7-11(8-6-10)23-15-9-14(17(21)19-22)16(20)13-4-2-1-3-12(13)15/h1-9,20,22H,18H2,(H,19,21). The summed E-state index contributed by atoms with van der Waals surface area (Å²) in [5, 5.41) is 20.1. The Bertz CT molecular complexity index is 876. The highest BCUT2D eigenvalue weighted by molar-refractivity contribution is 6.05. The molecule has 116 valence electrons. The Morgan fingerprint density at radius 1 is 1.04 bits per heavy atom. The van der Waals surface area contributed by atoms with Crippen molar-refractivity contribution in [2.45, 2.75) is 0 Å². The van der Waals surface area contributed by atoms with Gasteiger partial charge in [0.1, 0.15) is 17.2 Å². The summed E-state index contributed by atoms with van der Waals surface area (Å²) in [5.74, 6) is -0.139. The zero-order valence-electron chi connectivity index (χ0n) is 12.0. The normalized spacial score (nSPS) is 10.5. The van der Waals surface area contributed by atoms with Crippen molar-refractivity contribution in [2.75, 3.05) is 5.73 Å². The van der Waals surface area contributed by atoms with Crippen LogP contribution in [0.25, 0.3) is 10.8 Å². The maximum Gasteiger partial charge on any atom is 0.278 e. The fraction of sp³-hybridized carbons (Fsp3) is 0. The Labute approximate surface area is 131 Å². The Kier molecular flexibility index (Phi) is 3.74. The highest BCUT2D eigenvalue weighted by Gasteiger charge is 2.17. The molecular formula is C17H14N2O4. The summed E-state index contributed by atoms with van der Waals surface area (Å²) in [6.07, 6.45) is 0. The number of nitrogen functional groups attached to an aromatic ring is 1. The Balaban J connectivity index is 2.16. The molecule has 0 saturated heterocycles. The first kappa shape index (κ1) is 14.7. The van der Waals surface area contributed by atoms with E-state index >= 15 is 0 Å². The SMILES string of the molecule is Nc1ccc(Oc2cc(C(=O)NO)c(O)c3ccccc23)cc1. The van der Waals surface area contributed by atoms with Crippen molar-refractivity contribution in [3.63, 3.8) is 0 Å². The molecule has 6 heteroatoms. The van der Waals surface area contributed by atoms with Crippen LogP contribution in [0.15, 0.2) is 54.6 Å². The largest absolute Gasteiger partial charge is 0.506 e. The molecule has 0 unspecified atom stereocenters. The van der Waals surface area contributed by atoms with E-state index < -0.39 is 5.91 Å². The number of phenolic OH excluding ortho intramolecular Hbond substituents is 1. The van der Waals surface area contributed by atoms with E-state index in [4.69, 9.17) is 15.7 Å². The predicted molar refractivity (Wildman–Crippen MR) is 85.8 cm³/mol. The molecule has 1 amide bonds. The zero-order valence-corrected chi connectivity index (χ0v) is 12.0. The van der Waals surface area contributed by atoms with Crippen LogP contribution in [0.1, 0.15) is 10.4 Å². The lowest BCUT2D eigenvalue weighted by Crippen LogP contribution is -2.18. The van der Waals surface area contributed by atoms with Gasteiger partial charge in [-0.25, -0.2) is 5.48 Å². The number of carbonyl (C=O) groups excluding carboxylic acids is 1. The quantitative estimate of drug-likeness (QED) is 0.338. The number of hydroxylamine groups is 1. The molecule has 0 heterocycles. The molecule has 0 aliphatic rings. The van der Waals surface area contributed by atoms with Crippen LogP contribution in [-0.4, -0.2) is 16.2 Å². The van der Waals surface area contributed by atoms with E-state index in [-0.39, 0.29) is 11.3 Å². The van der Waals surface area contributed by atoms with Gasteiger partial charge in [-0.05, 0) is 30.3 Å². The lowest BCUT2D eigenvalue weighted by atomic mass is 10.0. The minimum absolute atomic E-state index is 0.0864. The van der Waals surface area contributed by atoms with Crippen LogP contribution in [-0.2, 0) is 0 Å². The second-order valence-electron chi connectivity index (χ2n) is 4.93. The average molecular weight is 310 g/mol. The number of rotatable bonds is 3. The van der Waals surface area contributed by atoms with E-state index in [9.17, 15) is 9.90 Å². The maximum atomic E-state index is 11.7. The summed E-state index contributed by atoms with van der Waals surface area (Å²) < 4.78 is 5.81. The van der Waals surface area contributed by atoms with E-state index in [0.717, 1.165) is 0 Å². The van der Waals surface area contributed by atoms with Gasteiger partial charge in [0.25, 0.3) is 5.91 Å². The average Bonchev–Trinajstić information content (AvgIpc) is 2.58. The lowest BCUT2D eigenvalue weighted by Gasteiger charge is -2.13. The number of nitrogens with one attached hydrogen (secondary N) is 1. The third kappa shape index (κ3) is 2.75. The van der Waals surface area contributed by atoms with Crippen LogP contribution in [0.5, 0.6) is 17.2 Å². The van der Waals surface area contributed by atoms with E-state index in [2.05, 4.69) is 0 Å². The van der Waals surface area contributed by atoms with Gasteiger partial charge < -0.3 is 15.6 Å². The molecule has 6 nitrogen and oxygen atoms in total. The molecule has 0 atom stereocenters. The van der Waals surface area contributed by atoms with E-state index in [1.807, 2.05) is 0 Å². The highest BCUT2D eigenvalue weighted by Crippen LogP contribution is 2.38. The number of hydrogen-bond donors (Lipinski definition) is 4. The van der Waals surface area contributed by atoms with Crippen molar-refractivity contribution in [3.8, 4) is 17.2 Å². The van der Waals surface area contributed by atoms with Gasteiger partial charge >= 0.3 is 0 Å². The van der Waals surface area contributed by atoms with Crippen molar-refractivity contribution in [2.24, 2.45) is 0 Å². The number of hydrogen-bond acceptors (Lipinski definition) is 5. The Morgan fingerprint density at radius 2 is 1.70 bits per heavy atom. The molecule has 0 aromatic heterocycles. The number of phenols is 1. The van der Waals surface area contributed by atoms with E-state index in [1.54, 1.807) is 48.5 Å². The van der Waals surface area contributed by atoms with Crippen molar-refractivity contribution in [3.05, 3.63) is 60.2 Å². The number of anilines is 1. The van der Waals surface area contributed by atoms with Crippen LogP contribution in [0, 0.1) is 0 Å². The van der Waals surface area contributed by atoms with Crippen molar-refractivity contribution in [1.29, 1.82) is 0 Å². The minimum Gasteiger partial charge on any atom is -0.506 e. The van der Waals surface area contributed by atoms with E-state index in [1.165, 1.54) is 11.5 Å². The zero-order chi connectivity index (χ0) is 16.4. The first-order chi connectivity index (χ1) is 11.1. The highest BCUT2D eigenvalue weighted by atomic mass is 16.5. The van der Waals surface area contributed by atoms with E-state index in [0.29, 0.717) is 28.0 Å². The summed E-state index contributed by atoms with van der Waals surface area (Å²) >= 11 is 0. The molecule has 0 radical (unpaired) electrons. The minimum atomic E-state index is -0.824. The van der Waals surface area contributed by atoms with Gasteiger partial charge in [-0.3, -0.25) is 10.0 Å². The molecular weight excluding hydrogens is 296 g/mol. The van der Waals surface area contributed by atoms with Crippen molar-refractivity contribution >= 4 is 22.4 Å². The molecule has 23 heavy (non-hydrogen) atoms. The molecule has 0 aliphatic heterocycles. The number of nitrogens with two attached hydrogens (primary N) is 1. The summed E-state index contributed by atoms with van der Waals surface area (Å²) in [7, 11) is 0. The third-order valence-electron chi connectivity index (χ3n) is 3.43. The molecule has 3 aromatic rings. The number of benzene rings is 3. The van der Waals surface area contributed by atoms with Gasteiger partial charge in [-0.15, -0.1) is 0 Å². The van der Waals surface area contributed by atoms with Crippen LogP contribution in [0.3, 0.4) is 0 Å². The van der Waals surface area contributed by atoms with Crippen LogP contribution in [0.2, 0.25) is 0 Å². The molecule has 0 fully saturated rings. The first-order valence-corrected chi connectivity index (χ1v) is 6.82. The number of amides is 1. The Morgan fingerprint density at radius 3 is 2.35 bits per heavy atom. The first-order valence-electron chi connectivity index (χ1n) is 6.82.